The zero-order valence-corrected chi connectivity index (χ0v) is 21.1. The molecule has 0 amide bonds. The first-order valence-corrected chi connectivity index (χ1v) is 10.5. The van der Waals surface area contributed by atoms with Crippen molar-refractivity contribution in [2.24, 2.45) is 10.4 Å². The van der Waals surface area contributed by atoms with E-state index in [1.54, 1.807) is 31.4 Å². The topological polar surface area (TPSA) is 83.0 Å². The minimum Gasteiger partial charge on any atom is -0.379 e. The monoisotopic (exact) mass is 526 g/mol. The second-order valence-corrected chi connectivity index (χ2v) is 9.75. The van der Waals surface area contributed by atoms with Gasteiger partial charge in [-0.2, -0.15) is 0 Å². The number of benzene rings is 1. The number of sulfonamides is 1. The molecule has 0 saturated heterocycles. The fourth-order valence-corrected chi connectivity index (χ4v) is 3.32. The number of ether oxygens (including phenoxy) is 1. The molecule has 162 valence electrons. The highest BCUT2D eigenvalue weighted by Gasteiger charge is 2.24. The molecule has 1 atom stereocenters. The average molecular weight is 526 g/mol. The molecule has 1 rings (SSSR count). The molecule has 1 aromatic rings. The molecule has 7 nitrogen and oxygen atoms in total. The van der Waals surface area contributed by atoms with E-state index in [1.165, 1.54) is 18.4 Å². The fourth-order valence-electron chi connectivity index (χ4n) is 2.42. The minimum atomic E-state index is -3.41. The van der Waals surface area contributed by atoms with E-state index in [0.29, 0.717) is 19.0 Å². The number of aliphatic imine (C=N–C) groups is 1. The number of hydrogen-bond acceptors (Lipinski definition) is 4. The Labute approximate surface area is 187 Å². The molecule has 0 radical (unpaired) electrons. The number of rotatable bonds is 8. The van der Waals surface area contributed by atoms with E-state index in [1.807, 2.05) is 6.92 Å². The van der Waals surface area contributed by atoms with E-state index in [0.717, 1.165) is 12.1 Å². The lowest BCUT2D eigenvalue weighted by atomic mass is 9.89. The van der Waals surface area contributed by atoms with Gasteiger partial charge in [-0.15, -0.1) is 24.0 Å². The summed E-state index contributed by atoms with van der Waals surface area (Å²) >= 11 is 0. The Morgan fingerprint density at radius 2 is 1.75 bits per heavy atom. The fraction of sp³-hybridized carbons (Fsp3) is 0.632. The quantitative estimate of drug-likeness (QED) is 0.309. The van der Waals surface area contributed by atoms with Gasteiger partial charge in [0.25, 0.3) is 0 Å². The maximum absolute atomic E-state index is 12.1. The molecule has 28 heavy (non-hydrogen) atoms. The van der Waals surface area contributed by atoms with Crippen molar-refractivity contribution < 1.29 is 13.2 Å². The predicted octanol–water partition coefficient (Wildman–Crippen LogP) is 2.67. The Bertz CT molecular complexity index is 714. The standard InChI is InChI=1S/C19H34N4O3S.HI/c1-8-20-18(22-14-17(26-7)19(2,3)4)21-13-15-9-11-16(12-10-15)27(24,25)23(5)6;/h9-12,17H,8,13-14H2,1-7H3,(H2,20,21,22);1H. The second kappa shape index (κ2) is 11.9. The van der Waals surface area contributed by atoms with Crippen LogP contribution in [0.25, 0.3) is 0 Å². The van der Waals surface area contributed by atoms with Gasteiger partial charge in [-0.3, -0.25) is 0 Å². The molecule has 0 bridgehead atoms. The molecule has 0 aliphatic rings. The maximum atomic E-state index is 12.1. The van der Waals surface area contributed by atoms with Crippen molar-refractivity contribution in [3.8, 4) is 0 Å². The van der Waals surface area contributed by atoms with Crippen molar-refractivity contribution in [3.63, 3.8) is 0 Å². The van der Waals surface area contributed by atoms with Crippen LogP contribution >= 0.6 is 24.0 Å². The Balaban J connectivity index is 0.00000729. The molecule has 9 heteroatoms. The van der Waals surface area contributed by atoms with Crippen LogP contribution in [-0.4, -0.2) is 59.1 Å². The Morgan fingerprint density at radius 1 is 1.18 bits per heavy atom. The van der Waals surface area contributed by atoms with Crippen LogP contribution in [0.2, 0.25) is 0 Å². The third-order valence-corrected chi connectivity index (χ3v) is 6.00. The number of methoxy groups -OCH3 is 1. The van der Waals surface area contributed by atoms with E-state index in [9.17, 15) is 8.42 Å². The molecular formula is C19H35IN4O3S. The summed E-state index contributed by atoms with van der Waals surface area (Å²) in [6.45, 7) is 10.3. The summed E-state index contributed by atoms with van der Waals surface area (Å²) in [6.07, 6.45) is 0.0527. The van der Waals surface area contributed by atoms with Gasteiger partial charge in [-0.25, -0.2) is 17.7 Å². The van der Waals surface area contributed by atoms with Crippen LogP contribution in [0.15, 0.2) is 34.2 Å². The first-order chi connectivity index (χ1) is 12.5. The minimum absolute atomic E-state index is 0. The molecule has 1 aromatic carbocycles. The number of halogens is 1. The normalized spacial score (nSPS) is 13.8. The van der Waals surface area contributed by atoms with Crippen LogP contribution in [0, 0.1) is 5.41 Å². The molecule has 0 saturated carbocycles. The van der Waals surface area contributed by atoms with Gasteiger partial charge in [0, 0.05) is 34.3 Å². The largest absolute Gasteiger partial charge is 0.379 e. The highest BCUT2D eigenvalue weighted by Crippen LogP contribution is 2.21. The lowest BCUT2D eigenvalue weighted by Crippen LogP contribution is -2.45. The van der Waals surface area contributed by atoms with Gasteiger partial charge in [0.1, 0.15) is 0 Å². The molecule has 0 aliphatic carbocycles. The summed E-state index contributed by atoms with van der Waals surface area (Å²) < 4.78 is 31.0. The lowest BCUT2D eigenvalue weighted by Gasteiger charge is -2.30. The zero-order chi connectivity index (χ0) is 20.7. The third-order valence-electron chi connectivity index (χ3n) is 4.17. The van der Waals surface area contributed by atoms with Crippen molar-refractivity contribution in [2.45, 2.75) is 45.2 Å². The Morgan fingerprint density at radius 3 is 2.18 bits per heavy atom. The SMILES string of the molecule is CCNC(=NCc1ccc(S(=O)(=O)N(C)C)cc1)NCC(OC)C(C)(C)C.I. The average Bonchev–Trinajstić information content (AvgIpc) is 2.59. The Hall–Kier alpha value is -0.910. The first-order valence-electron chi connectivity index (χ1n) is 9.08. The summed E-state index contributed by atoms with van der Waals surface area (Å²) in [6, 6.07) is 6.80. The number of nitrogens with zero attached hydrogens (tertiary/aromatic N) is 2. The van der Waals surface area contributed by atoms with E-state index in [2.05, 4.69) is 36.4 Å². The van der Waals surface area contributed by atoms with Crippen LogP contribution < -0.4 is 10.6 Å². The number of guanidine groups is 1. The van der Waals surface area contributed by atoms with Crippen molar-refractivity contribution in [2.75, 3.05) is 34.3 Å². The first kappa shape index (κ1) is 27.1. The molecule has 0 fully saturated rings. The van der Waals surface area contributed by atoms with Gasteiger partial charge in [-0.1, -0.05) is 32.9 Å². The lowest BCUT2D eigenvalue weighted by molar-refractivity contribution is 0.0205. The van der Waals surface area contributed by atoms with Gasteiger partial charge in [0.2, 0.25) is 10.0 Å². The molecule has 1 unspecified atom stereocenters. The van der Waals surface area contributed by atoms with Crippen molar-refractivity contribution in [1.29, 1.82) is 0 Å². The smallest absolute Gasteiger partial charge is 0.242 e. The van der Waals surface area contributed by atoms with Crippen molar-refractivity contribution in [1.82, 2.24) is 14.9 Å². The summed E-state index contributed by atoms with van der Waals surface area (Å²) in [5, 5.41) is 6.53. The van der Waals surface area contributed by atoms with E-state index in [-0.39, 0.29) is 40.4 Å². The number of nitrogens with one attached hydrogen (secondary N) is 2. The molecule has 0 aromatic heterocycles. The van der Waals surface area contributed by atoms with Gasteiger partial charge >= 0.3 is 0 Å². The molecule has 0 heterocycles. The molecule has 0 aliphatic heterocycles. The van der Waals surface area contributed by atoms with E-state index in [4.69, 9.17) is 4.74 Å². The van der Waals surface area contributed by atoms with Gasteiger partial charge in [-0.05, 0) is 30.0 Å². The van der Waals surface area contributed by atoms with Gasteiger partial charge < -0.3 is 15.4 Å². The van der Waals surface area contributed by atoms with Crippen molar-refractivity contribution >= 4 is 40.0 Å². The predicted molar refractivity (Wildman–Crippen MR) is 126 cm³/mol. The second-order valence-electron chi connectivity index (χ2n) is 7.60. The van der Waals surface area contributed by atoms with Crippen LogP contribution in [-0.2, 0) is 21.3 Å². The zero-order valence-electron chi connectivity index (χ0n) is 17.9. The number of hydrogen-bond donors (Lipinski definition) is 2. The van der Waals surface area contributed by atoms with E-state index < -0.39 is 10.0 Å². The highest BCUT2D eigenvalue weighted by atomic mass is 127. The summed E-state index contributed by atoms with van der Waals surface area (Å²) in [4.78, 5) is 4.85. The van der Waals surface area contributed by atoms with Crippen LogP contribution in [0.4, 0.5) is 0 Å². The summed E-state index contributed by atoms with van der Waals surface area (Å²) in [5.74, 6) is 0.703. The molecule has 0 spiro atoms. The Kier molecular flexibility index (Phi) is 11.6. The van der Waals surface area contributed by atoms with Crippen LogP contribution in [0.1, 0.15) is 33.3 Å². The molecule has 2 N–H and O–H groups in total. The van der Waals surface area contributed by atoms with E-state index >= 15 is 0 Å². The summed E-state index contributed by atoms with van der Waals surface area (Å²) in [7, 11) is 1.34. The van der Waals surface area contributed by atoms with Crippen molar-refractivity contribution in [3.05, 3.63) is 29.8 Å². The van der Waals surface area contributed by atoms with Crippen LogP contribution in [0.5, 0.6) is 0 Å². The van der Waals surface area contributed by atoms with Crippen LogP contribution in [0.3, 0.4) is 0 Å². The molecular weight excluding hydrogens is 491 g/mol. The third kappa shape index (κ3) is 8.22. The van der Waals surface area contributed by atoms with Gasteiger partial charge in [0.05, 0.1) is 17.5 Å². The highest BCUT2D eigenvalue weighted by molar-refractivity contribution is 14.0. The summed E-state index contributed by atoms with van der Waals surface area (Å²) in [5.41, 5.74) is 0.955. The maximum Gasteiger partial charge on any atom is 0.242 e. The van der Waals surface area contributed by atoms with Gasteiger partial charge in [0.15, 0.2) is 5.96 Å².